The topological polar surface area (TPSA) is 38.9 Å². The van der Waals surface area contributed by atoms with Crippen molar-refractivity contribution in [3.05, 3.63) is 17.3 Å². The van der Waals surface area contributed by atoms with E-state index in [1.165, 1.54) is 6.20 Å². The van der Waals surface area contributed by atoms with E-state index in [1.807, 2.05) is 0 Å². The molecule has 2 radical (unpaired) electrons. The predicted molar refractivity (Wildman–Crippen MR) is 39.0 cm³/mol. The van der Waals surface area contributed by atoms with Gasteiger partial charge in [-0.2, -0.15) is 0 Å². The summed E-state index contributed by atoms with van der Waals surface area (Å²) in [7, 11) is 5.29. The zero-order valence-electron chi connectivity index (χ0n) is 4.63. The molecule has 0 atom stereocenters. The molecular weight excluding hydrogens is 134 g/mol. The minimum Gasteiger partial charge on any atom is -0.398 e. The van der Waals surface area contributed by atoms with Crippen LogP contribution in [0.3, 0.4) is 0 Å². The fraction of sp³-hybridized carbons (Fsp3) is 0. The van der Waals surface area contributed by atoms with E-state index in [9.17, 15) is 0 Å². The summed E-state index contributed by atoms with van der Waals surface area (Å²) in [4.78, 5) is 3.70. The van der Waals surface area contributed by atoms with E-state index in [1.54, 1.807) is 6.07 Å². The van der Waals surface area contributed by atoms with E-state index >= 15 is 0 Å². The Morgan fingerprint density at radius 1 is 1.67 bits per heavy atom. The Hall–Kier alpha value is -0.695. The highest BCUT2D eigenvalue weighted by Crippen LogP contribution is 2.06. The molecule has 9 heavy (non-hydrogen) atoms. The van der Waals surface area contributed by atoms with Gasteiger partial charge < -0.3 is 5.73 Å². The van der Waals surface area contributed by atoms with Gasteiger partial charge in [0.15, 0.2) is 0 Å². The molecule has 0 spiro atoms. The minimum absolute atomic E-state index is 0.319. The van der Waals surface area contributed by atoms with Gasteiger partial charge in [0.25, 0.3) is 0 Å². The summed E-state index contributed by atoms with van der Waals surface area (Å²) in [5, 5.41) is 0.502. The summed E-state index contributed by atoms with van der Waals surface area (Å²) in [5.74, 6) is 0. The van der Waals surface area contributed by atoms with Crippen LogP contribution in [0.4, 0.5) is 5.69 Å². The largest absolute Gasteiger partial charge is 0.398 e. The lowest BCUT2D eigenvalue weighted by molar-refractivity contribution is 1.39. The third kappa shape index (κ3) is 1.36. The van der Waals surface area contributed by atoms with E-state index in [-0.39, 0.29) is 0 Å². The molecule has 2 N–H and O–H groups in total. The van der Waals surface area contributed by atoms with Crippen LogP contribution in [0.15, 0.2) is 12.3 Å². The van der Waals surface area contributed by atoms with E-state index < -0.39 is 0 Å². The Kier molecular flexibility index (Phi) is 1.62. The number of nitrogens with two attached hydrogens (primary N) is 1. The maximum absolute atomic E-state index is 5.52. The summed E-state index contributed by atoms with van der Waals surface area (Å²) in [5.41, 5.74) is 6.09. The Balaban J connectivity index is 3.17. The number of hydrogen-bond acceptors (Lipinski definition) is 2. The molecule has 2 nitrogen and oxygen atoms in total. The Morgan fingerprint density at radius 3 is 2.78 bits per heavy atom. The molecule has 0 bridgehead atoms. The molecule has 44 valence electrons. The van der Waals surface area contributed by atoms with Gasteiger partial charge in [-0.1, -0.05) is 11.6 Å². The molecule has 4 heteroatoms. The van der Waals surface area contributed by atoms with Crippen LogP contribution < -0.4 is 11.3 Å². The highest BCUT2D eigenvalue weighted by atomic mass is 35.5. The van der Waals surface area contributed by atoms with Crippen LogP contribution in [0.25, 0.3) is 0 Å². The van der Waals surface area contributed by atoms with Crippen molar-refractivity contribution in [2.45, 2.75) is 0 Å². The van der Waals surface area contributed by atoms with Crippen LogP contribution in [0.1, 0.15) is 0 Å². The first kappa shape index (κ1) is 6.43. The summed E-state index contributed by atoms with van der Waals surface area (Å²) in [6.07, 6.45) is 1.45. The van der Waals surface area contributed by atoms with Crippen LogP contribution in [0.5, 0.6) is 0 Å². The molecule has 0 unspecified atom stereocenters. The van der Waals surface area contributed by atoms with Crippen LogP contribution >= 0.6 is 11.6 Å². The highest BCUT2D eigenvalue weighted by Gasteiger charge is 1.92. The maximum Gasteiger partial charge on any atom is 0.144 e. The molecule has 0 aliphatic rings. The smallest absolute Gasteiger partial charge is 0.144 e. The van der Waals surface area contributed by atoms with Crippen molar-refractivity contribution in [2.75, 3.05) is 5.73 Å². The first-order chi connectivity index (χ1) is 4.20. The minimum atomic E-state index is 0.319. The Morgan fingerprint density at radius 2 is 2.33 bits per heavy atom. The van der Waals surface area contributed by atoms with Gasteiger partial charge in [-0.05, 0) is 6.07 Å². The van der Waals surface area contributed by atoms with Gasteiger partial charge in [0.1, 0.15) is 7.85 Å². The third-order valence-electron chi connectivity index (χ3n) is 0.916. The lowest BCUT2D eigenvalue weighted by atomic mass is 10.0. The van der Waals surface area contributed by atoms with Crippen molar-refractivity contribution >= 4 is 30.7 Å². The van der Waals surface area contributed by atoms with Gasteiger partial charge in [0.2, 0.25) is 0 Å². The van der Waals surface area contributed by atoms with Crippen molar-refractivity contribution in [1.29, 1.82) is 0 Å². The molecule has 0 aliphatic heterocycles. The maximum atomic E-state index is 5.52. The second-order valence-corrected chi connectivity index (χ2v) is 2.06. The molecule has 0 aliphatic carbocycles. The number of rotatable bonds is 0. The van der Waals surface area contributed by atoms with Crippen molar-refractivity contribution < 1.29 is 0 Å². The summed E-state index contributed by atoms with van der Waals surface area (Å²) in [6.45, 7) is 0. The fourth-order valence-electron chi connectivity index (χ4n) is 0.466. The molecule has 0 saturated carbocycles. The number of anilines is 1. The second-order valence-electron chi connectivity index (χ2n) is 1.63. The van der Waals surface area contributed by atoms with E-state index in [4.69, 9.17) is 25.2 Å². The van der Waals surface area contributed by atoms with Crippen LogP contribution in [-0.2, 0) is 0 Å². The lowest BCUT2D eigenvalue weighted by Gasteiger charge is -1.96. The number of hydrogen-bond donors (Lipinski definition) is 1. The quantitative estimate of drug-likeness (QED) is 0.517. The van der Waals surface area contributed by atoms with Gasteiger partial charge >= 0.3 is 0 Å². The van der Waals surface area contributed by atoms with Gasteiger partial charge in [-0.3, -0.25) is 4.98 Å². The van der Waals surface area contributed by atoms with Crippen LogP contribution in [0.2, 0.25) is 5.02 Å². The molecule has 1 aromatic heterocycles. The van der Waals surface area contributed by atoms with E-state index in [0.29, 0.717) is 16.3 Å². The standard InChI is InChI=1S/C5H4BClN2/c6-5-4(8)1-3(7)2-9-5/h1-2H,8H2. The van der Waals surface area contributed by atoms with Gasteiger partial charge in [-0.25, -0.2) is 0 Å². The van der Waals surface area contributed by atoms with Crippen molar-refractivity contribution in [2.24, 2.45) is 0 Å². The normalized spacial score (nSPS) is 9.44. The summed E-state index contributed by atoms with van der Waals surface area (Å²) in [6, 6.07) is 1.56. The monoisotopic (exact) mass is 138 g/mol. The molecule has 0 fully saturated rings. The molecule has 1 aromatic rings. The van der Waals surface area contributed by atoms with E-state index in [2.05, 4.69) is 4.98 Å². The first-order valence-electron chi connectivity index (χ1n) is 2.36. The molecule has 1 rings (SSSR count). The number of nitrogen functional groups attached to an aromatic ring is 1. The van der Waals surface area contributed by atoms with Gasteiger partial charge in [0, 0.05) is 17.5 Å². The average Bonchev–Trinajstić information content (AvgIpc) is 1.80. The van der Waals surface area contributed by atoms with Crippen molar-refractivity contribution in [1.82, 2.24) is 4.98 Å². The van der Waals surface area contributed by atoms with Gasteiger partial charge in [0.05, 0.1) is 5.02 Å². The predicted octanol–water partition coefficient (Wildman–Crippen LogP) is 0.111. The number of nitrogens with zero attached hydrogens (tertiary/aromatic N) is 1. The zero-order chi connectivity index (χ0) is 6.85. The summed E-state index contributed by atoms with van der Waals surface area (Å²) >= 11 is 5.52. The Bertz CT molecular complexity index is 226. The third-order valence-corrected chi connectivity index (χ3v) is 1.12. The Labute approximate surface area is 59.4 Å². The van der Waals surface area contributed by atoms with E-state index in [0.717, 1.165) is 0 Å². The number of halogens is 1. The zero-order valence-corrected chi connectivity index (χ0v) is 5.39. The van der Waals surface area contributed by atoms with Crippen molar-refractivity contribution in [3.63, 3.8) is 0 Å². The molecular formula is C5H4BClN2. The number of aromatic nitrogens is 1. The average molecular weight is 138 g/mol. The molecule has 0 amide bonds. The molecule has 1 heterocycles. The highest BCUT2D eigenvalue weighted by molar-refractivity contribution is 6.35. The van der Waals surface area contributed by atoms with Crippen LogP contribution in [0, 0.1) is 0 Å². The lowest BCUT2D eigenvalue weighted by Crippen LogP contribution is -2.12. The number of pyridine rings is 1. The SMILES string of the molecule is [B]c1ncc(Cl)cc1N. The molecule has 0 aromatic carbocycles. The van der Waals surface area contributed by atoms with Gasteiger partial charge in [-0.15, -0.1) is 0 Å². The van der Waals surface area contributed by atoms with Crippen molar-refractivity contribution in [3.8, 4) is 0 Å². The summed E-state index contributed by atoms with van der Waals surface area (Å²) < 4.78 is 0. The van der Waals surface area contributed by atoms with Crippen LogP contribution in [-0.4, -0.2) is 12.8 Å². The fourth-order valence-corrected chi connectivity index (χ4v) is 0.632. The first-order valence-corrected chi connectivity index (χ1v) is 2.74. The second kappa shape index (κ2) is 2.27. The molecule has 0 saturated heterocycles.